The highest BCUT2D eigenvalue weighted by atomic mass is 32.2. The van der Waals surface area contributed by atoms with Crippen molar-refractivity contribution in [3.8, 4) is 23.0 Å². The first-order valence-electron chi connectivity index (χ1n) is 9.25. The molecule has 0 bridgehead atoms. The van der Waals surface area contributed by atoms with E-state index in [2.05, 4.69) is 24.0 Å². The van der Waals surface area contributed by atoms with Crippen molar-refractivity contribution in [2.24, 2.45) is 0 Å². The van der Waals surface area contributed by atoms with Crippen LogP contribution in [0.4, 0.5) is 0 Å². The Kier molecular flexibility index (Phi) is 4.99. The number of carbonyl (C=O) groups is 1. The van der Waals surface area contributed by atoms with Crippen molar-refractivity contribution in [2.75, 3.05) is 6.79 Å². The molecule has 1 aromatic carbocycles. The second kappa shape index (κ2) is 7.42. The number of hydrogen-bond acceptors (Lipinski definition) is 7. The summed E-state index contributed by atoms with van der Waals surface area (Å²) in [6.07, 6.45) is 3.29. The van der Waals surface area contributed by atoms with Crippen LogP contribution in [0.5, 0.6) is 11.5 Å². The first kappa shape index (κ1) is 18.2. The Labute approximate surface area is 162 Å². The molecule has 0 saturated carbocycles. The molecule has 1 saturated heterocycles. The van der Waals surface area contributed by atoms with Gasteiger partial charge in [0.25, 0.3) is 5.22 Å². The summed E-state index contributed by atoms with van der Waals surface area (Å²) in [5.74, 6) is 1.89. The average molecular weight is 389 g/mol. The lowest BCUT2D eigenvalue weighted by Gasteiger charge is -2.40. The molecule has 2 aromatic rings. The van der Waals surface area contributed by atoms with Gasteiger partial charge >= 0.3 is 0 Å². The average Bonchev–Trinajstić information content (AvgIpc) is 3.29. The summed E-state index contributed by atoms with van der Waals surface area (Å²) in [7, 11) is 0. The fourth-order valence-electron chi connectivity index (χ4n) is 3.67. The molecule has 4 rings (SSSR count). The minimum absolute atomic E-state index is 0.127. The number of ether oxygens (including phenoxy) is 2. The van der Waals surface area contributed by atoms with E-state index in [0.717, 1.165) is 18.4 Å². The van der Waals surface area contributed by atoms with Crippen LogP contribution in [0, 0.1) is 0 Å². The van der Waals surface area contributed by atoms with Gasteiger partial charge in [0.05, 0.1) is 5.25 Å². The van der Waals surface area contributed by atoms with Crippen molar-refractivity contribution in [1.82, 2.24) is 15.1 Å². The number of fused-ring (bicyclic) bond motifs is 1. The molecule has 1 amide bonds. The number of rotatable bonds is 4. The van der Waals surface area contributed by atoms with Gasteiger partial charge in [-0.25, -0.2) is 0 Å². The van der Waals surface area contributed by atoms with Crippen LogP contribution >= 0.6 is 11.8 Å². The summed E-state index contributed by atoms with van der Waals surface area (Å²) in [5.41, 5.74) is 0.760. The fraction of sp³-hybridized carbons (Fsp3) is 0.526. The maximum Gasteiger partial charge on any atom is 0.277 e. The van der Waals surface area contributed by atoms with Gasteiger partial charge < -0.3 is 18.8 Å². The zero-order valence-electron chi connectivity index (χ0n) is 15.7. The number of likely N-dealkylation sites (tertiary alicyclic amines) is 1. The maximum absolute atomic E-state index is 12.9. The van der Waals surface area contributed by atoms with E-state index >= 15 is 0 Å². The van der Waals surface area contributed by atoms with Crippen LogP contribution in [-0.4, -0.2) is 45.1 Å². The molecule has 8 heteroatoms. The largest absolute Gasteiger partial charge is 0.454 e. The molecule has 0 N–H and O–H groups in total. The minimum atomic E-state index is -0.280. The Hall–Kier alpha value is -2.22. The number of aromatic nitrogens is 2. The van der Waals surface area contributed by atoms with E-state index in [0.29, 0.717) is 22.6 Å². The van der Waals surface area contributed by atoms with E-state index in [1.807, 2.05) is 30.0 Å². The zero-order chi connectivity index (χ0) is 19.0. The summed E-state index contributed by atoms with van der Waals surface area (Å²) in [4.78, 5) is 14.9. The number of thioether (sulfide) groups is 1. The lowest BCUT2D eigenvalue weighted by atomic mass is 9.97. The molecule has 1 aromatic heterocycles. The van der Waals surface area contributed by atoms with Crippen molar-refractivity contribution in [1.29, 1.82) is 0 Å². The van der Waals surface area contributed by atoms with E-state index < -0.39 is 0 Å². The molecule has 1 fully saturated rings. The minimum Gasteiger partial charge on any atom is -0.454 e. The lowest BCUT2D eigenvalue weighted by Crippen LogP contribution is -2.50. The Balaban J connectivity index is 1.45. The molecule has 27 heavy (non-hydrogen) atoms. The quantitative estimate of drug-likeness (QED) is 0.737. The standard InChI is InChI=1S/C19H23N3O4S/c1-11-5-4-6-12(2)22(11)18(23)13(3)27-19-21-20-17(26-19)14-7-8-15-16(9-14)25-10-24-15/h7-9,11-13H,4-6,10H2,1-3H3/t11-,12+,13-/m1/s1. The highest BCUT2D eigenvalue weighted by Gasteiger charge is 2.32. The molecule has 0 aliphatic carbocycles. The monoisotopic (exact) mass is 389 g/mol. The number of amides is 1. The SMILES string of the molecule is C[C@@H]1CCC[C@H](C)N1C(=O)[C@@H](C)Sc1nnc(-c2ccc3c(c2)OCO3)o1. The summed E-state index contributed by atoms with van der Waals surface area (Å²) in [5, 5.41) is 8.31. The normalized spacial score (nSPS) is 22.7. The predicted molar refractivity (Wildman–Crippen MR) is 101 cm³/mol. The molecule has 144 valence electrons. The predicted octanol–water partition coefficient (Wildman–Crippen LogP) is 3.74. The highest BCUT2D eigenvalue weighted by Crippen LogP contribution is 2.36. The van der Waals surface area contributed by atoms with Gasteiger partial charge in [-0.15, -0.1) is 10.2 Å². The molecule has 0 spiro atoms. The van der Waals surface area contributed by atoms with Gasteiger partial charge in [-0.05, 0) is 58.2 Å². The second-order valence-electron chi connectivity index (χ2n) is 7.08. The number of benzene rings is 1. The van der Waals surface area contributed by atoms with Crippen molar-refractivity contribution < 1.29 is 18.7 Å². The summed E-state index contributed by atoms with van der Waals surface area (Å²) < 4.78 is 16.5. The van der Waals surface area contributed by atoms with E-state index in [1.165, 1.54) is 18.2 Å². The van der Waals surface area contributed by atoms with Crippen molar-refractivity contribution in [3.05, 3.63) is 18.2 Å². The van der Waals surface area contributed by atoms with Crippen LogP contribution in [-0.2, 0) is 4.79 Å². The summed E-state index contributed by atoms with van der Waals surface area (Å²) in [6, 6.07) is 6.03. The van der Waals surface area contributed by atoms with E-state index in [-0.39, 0.29) is 30.0 Å². The van der Waals surface area contributed by atoms with Gasteiger partial charge in [-0.1, -0.05) is 11.8 Å². The molecular formula is C19H23N3O4S. The van der Waals surface area contributed by atoms with Crippen LogP contribution < -0.4 is 9.47 Å². The molecule has 2 aliphatic rings. The molecule has 3 heterocycles. The van der Waals surface area contributed by atoms with E-state index in [9.17, 15) is 4.79 Å². The van der Waals surface area contributed by atoms with E-state index in [4.69, 9.17) is 13.9 Å². The van der Waals surface area contributed by atoms with Crippen molar-refractivity contribution in [2.45, 2.75) is 62.6 Å². The van der Waals surface area contributed by atoms with Gasteiger partial charge in [0.1, 0.15) is 0 Å². The fourth-order valence-corrected chi connectivity index (χ4v) is 4.41. The molecule has 2 aliphatic heterocycles. The Bertz CT molecular complexity index is 830. The van der Waals surface area contributed by atoms with Gasteiger partial charge in [0, 0.05) is 17.6 Å². The highest BCUT2D eigenvalue weighted by molar-refractivity contribution is 8.00. The van der Waals surface area contributed by atoms with Crippen molar-refractivity contribution in [3.63, 3.8) is 0 Å². The number of hydrogen-bond donors (Lipinski definition) is 0. The molecule has 3 atom stereocenters. The van der Waals surface area contributed by atoms with Crippen LogP contribution in [0.2, 0.25) is 0 Å². The van der Waals surface area contributed by atoms with Gasteiger partial charge in [0.15, 0.2) is 11.5 Å². The number of piperidine rings is 1. The number of carbonyl (C=O) groups excluding carboxylic acids is 1. The van der Waals surface area contributed by atoms with Crippen LogP contribution in [0.1, 0.15) is 40.0 Å². The van der Waals surface area contributed by atoms with Gasteiger partial charge in [-0.3, -0.25) is 4.79 Å². The molecular weight excluding hydrogens is 366 g/mol. The maximum atomic E-state index is 12.9. The summed E-state index contributed by atoms with van der Waals surface area (Å²) >= 11 is 1.30. The molecule has 0 unspecified atom stereocenters. The Morgan fingerprint density at radius 2 is 1.93 bits per heavy atom. The van der Waals surface area contributed by atoms with Crippen LogP contribution in [0.25, 0.3) is 11.5 Å². The van der Waals surface area contributed by atoms with Gasteiger partial charge in [0.2, 0.25) is 18.6 Å². The van der Waals surface area contributed by atoms with Crippen molar-refractivity contribution >= 4 is 17.7 Å². The van der Waals surface area contributed by atoms with Gasteiger partial charge in [-0.2, -0.15) is 0 Å². The first-order valence-corrected chi connectivity index (χ1v) is 10.1. The molecule has 7 nitrogen and oxygen atoms in total. The van der Waals surface area contributed by atoms with Crippen LogP contribution in [0.3, 0.4) is 0 Å². The Morgan fingerprint density at radius 1 is 1.19 bits per heavy atom. The lowest BCUT2D eigenvalue weighted by molar-refractivity contribution is -0.136. The van der Waals surface area contributed by atoms with Crippen LogP contribution in [0.15, 0.2) is 27.8 Å². The number of nitrogens with zero attached hydrogens (tertiary/aromatic N) is 3. The summed E-state index contributed by atoms with van der Waals surface area (Å²) in [6.45, 7) is 6.35. The smallest absolute Gasteiger partial charge is 0.277 e. The first-order chi connectivity index (χ1) is 13.0. The van der Waals surface area contributed by atoms with E-state index in [1.54, 1.807) is 0 Å². The third-order valence-electron chi connectivity index (χ3n) is 5.10. The third kappa shape index (κ3) is 3.63. The Morgan fingerprint density at radius 3 is 2.70 bits per heavy atom. The topological polar surface area (TPSA) is 77.7 Å². The third-order valence-corrected chi connectivity index (χ3v) is 6.02. The zero-order valence-corrected chi connectivity index (χ0v) is 16.5. The second-order valence-corrected chi connectivity index (χ2v) is 8.37. The molecule has 0 radical (unpaired) electrons.